The largest absolute Gasteiger partial charge is 0.491 e. The summed E-state index contributed by atoms with van der Waals surface area (Å²) in [6, 6.07) is 7.55. The summed E-state index contributed by atoms with van der Waals surface area (Å²) in [6.45, 7) is 1.84. The molecule has 0 aliphatic carbocycles. The van der Waals surface area contributed by atoms with Gasteiger partial charge in [0.15, 0.2) is 11.2 Å². The fourth-order valence-electron chi connectivity index (χ4n) is 3.47. The molecule has 0 saturated heterocycles. The topological polar surface area (TPSA) is 146 Å². The minimum absolute atomic E-state index is 0.0335. The minimum atomic E-state index is -1.00. The quantitative estimate of drug-likeness (QED) is 0.299. The molecule has 0 aliphatic rings. The number of rotatable bonds is 11. The van der Waals surface area contributed by atoms with Crippen LogP contribution in [0.3, 0.4) is 0 Å². The molecule has 2 heterocycles. The van der Waals surface area contributed by atoms with Crippen molar-refractivity contribution in [2.45, 2.75) is 26.0 Å². The maximum absolute atomic E-state index is 12.6. The number of fused-ring (bicyclic) bond motifs is 1. The average molecular weight is 447 g/mol. The number of aryl methyl sites for hydroxylation is 2. The van der Waals surface area contributed by atoms with Gasteiger partial charge in [-0.25, -0.2) is 4.79 Å². The van der Waals surface area contributed by atoms with E-state index in [4.69, 9.17) is 4.74 Å². The fraction of sp³-hybridized carbons (Fsp3) is 0.476. The van der Waals surface area contributed by atoms with Crippen LogP contribution in [-0.2, 0) is 20.0 Å². The van der Waals surface area contributed by atoms with Crippen LogP contribution in [0.5, 0.6) is 5.75 Å². The van der Waals surface area contributed by atoms with Crippen molar-refractivity contribution in [3.8, 4) is 5.75 Å². The lowest BCUT2D eigenvalue weighted by Crippen LogP contribution is -2.34. The number of nitrogens with one attached hydrogen (secondary N) is 1. The van der Waals surface area contributed by atoms with E-state index in [1.54, 1.807) is 4.90 Å². The van der Waals surface area contributed by atoms with E-state index in [-0.39, 0.29) is 56.6 Å². The number of hydrogen-bond donors (Lipinski definition) is 4. The van der Waals surface area contributed by atoms with E-state index in [1.807, 2.05) is 24.3 Å². The Bertz CT molecular complexity index is 1140. The average Bonchev–Trinajstić information content (AvgIpc) is 3.16. The molecule has 11 nitrogen and oxygen atoms in total. The van der Waals surface area contributed by atoms with Crippen molar-refractivity contribution in [1.29, 1.82) is 0 Å². The number of aromatic nitrogens is 4. The molecule has 0 amide bonds. The minimum Gasteiger partial charge on any atom is -0.491 e. The van der Waals surface area contributed by atoms with Crippen LogP contribution in [0.1, 0.15) is 12.5 Å². The third-order valence-corrected chi connectivity index (χ3v) is 5.18. The molecule has 11 heteroatoms. The van der Waals surface area contributed by atoms with E-state index in [0.717, 1.165) is 6.42 Å². The zero-order valence-electron chi connectivity index (χ0n) is 18.2. The molecule has 0 unspecified atom stereocenters. The summed E-state index contributed by atoms with van der Waals surface area (Å²) in [5.74, 6) is 0.862. The predicted octanol–water partition coefficient (Wildman–Crippen LogP) is -0.783. The van der Waals surface area contributed by atoms with Gasteiger partial charge in [-0.1, -0.05) is 19.1 Å². The maximum Gasteiger partial charge on any atom is 0.329 e. The van der Waals surface area contributed by atoms with Gasteiger partial charge in [0.2, 0.25) is 5.95 Å². The highest BCUT2D eigenvalue weighted by Crippen LogP contribution is 2.20. The van der Waals surface area contributed by atoms with Crippen LogP contribution >= 0.6 is 0 Å². The first-order chi connectivity index (χ1) is 15.4. The summed E-state index contributed by atoms with van der Waals surface area (Å²) < 4.78 is 8.36. The van der Waals surface area contributed by atoms with Crippen LogP contribution < -0.4 is 20.9 Å². The molecule has 0 radical (unpaired) electrons. The van der Waals surface area contributed by atoms with Crippen LogP contribution in [0.2, 0.25) is 0 Å². The van der Waals surface area contributed by atoms with E-state index < -0.39 is 17.4 Å². The molecule has 0 aliphatic heterocycles. The van der Waals surface area contributed by atoms with Gasteiger partial charge in [0.1, 0.15) is 18.5 Å². The highest BCUT2D eigenvalue weighted by atomic mass is 16.5. The Hall–Kier alpha value is -3.15. The number of aliphatic hydroxyl groups excluding tert-OH is 3. The summed E-state index contributed by atoms with van der Waals surface area (Å²) in [5, 5.41) is 29.5. The van der Waals surface area contributed by atoms with Gasteiger partial charge in [0.25, 0.3) is 5.56 Å². The Labute approximate surface area is 184 Å². The SMILES string of the molecule is CCc1ccc(OC[C@@H](O)Cn2c(N(CCO)CCO)nc3c2c(=O)[nH]c(=O)n3C)cc1. The predicted molar refractivity (Wildman–Crippen MR) is 119 cm³/mol. The molecule has 0 fully saturated rings. The number of nitrogens with zero attached hydrogens (tertiary/aromatic N) is 4. The molecule has 2 aromatic heterocycles. The van der Waals surface area contributed by atoms with E-state index in [9.17, 15) is 24.9 Å². The number of aromatic amines is 1. The molecule has 32 heavy (non-hydrogen) atoms. The molecule has 0 bridgehead atoms. The van der Waals surface area contributed by atoms with Crippen molar-refractivity contribution in [3.63, 3.8) is 0 Å². The Balaban J connectivity index is 1.93. The third kappa shape index (κ3) is 5.01. The van der Waals surface area contributed by atoms with Crippen molar-refractivity contribution in [3.05, 3.63) is 50.7 Å². The number of ether oxygens (including phenoxy) is 1. The second kappa shape index (κ2) is 10.4. The number of aliphatic hydroxyl groups is 3. The van der Waals surface area contributed by atoms with E-state index >= 15 is 0 Å². The summed E-state index contributed by atoms with van der Waals surface area (Å²) in [5.41, 5.74) is 0.157. The number of anilines is 1. The lowest BCUT2D eigenvalue weighted by molar-refractivity contribution is 0.0935. The van der Waals surface area contributed by atoms with E-state index in [1.165, 1.54) is 21.7 Å². The van der Waals surface area contributed by atoms with Gasteiger partial charge in [0.05, 0.1) is 19.8 Å². The van der Waals surface area contributed by atoms with Gasteiger partial charge >= 0.3 is 5.69 Å². The van der Waals surface area contributed by atoms with Crippen molar-refractivity contribution in [2.24, 2.45) is 7.05 Å². The Morgan fingerprint density at radius 3 is 2.41 bits per heavy atom. The molecule has 4 N–H and O–H groups in total. The maximum atomic E-state index is 12.6. The van der Waals surface area contributed by atoms with Crippen LogP contribution in [0.25, 0.3) is 11.2 Å². The van der Waals surface area contributed by atoms with E-state index in [2.05, 4.69) is 16.9 Å². The molecular formula is C21H29N5O6. The van der Waals surface area contributed by atoms with Gasteiger partial charge in [-0.05, 0) is 24.1 Å². The first-order valence-corrected chi connectivity index (χ1v) is 10.5. The summed E-state index contributed by atoms with van der Waals surface area (Å²) in [4.78, 5) is 32.8. The number of imidazole rings is 1. The fourth-order valence-corrected chi connectivity index (χ4v) is 3.47. The first kappa shape index (κ1) is 23.5. The van der Waals surface area contributed by atoms with Gasteiger partial charge < -0.3 is 29.5 Å². The van der Waals surface area contributed by atoms with Gasteiger partial charge in [-0.15, -0.1) is 0 Å². The summed E-state index contributed by atoms with van der Waals surface area (Å²) >= 11 is 0. The molecule has 3 aromatic rings. The Morgan fingerprint density at radius 1 is 1.16 bits per heavy atom. The molecule has 1 atom stereocenters. The first-order valence-electron chi connectivity index (χ1n) is 10.5. The van der Waals surface area contributed by atoms with Crippen molar-refractivity contribution in [2.75, 3.05) is 37.8 Å². The third-order valence-electron chi connectivity index (χ3n) is 5.18. The number of H-pyrrole nitrogens is 1. The van der Waals surface area contributed by atoms with Crippen molar-refractivity contribution >= 4 is 17.1 Å². The molecule has 3 rings (SSSR count). The van der Waals surface area contributed by atoms with Gasteiger partial charge in [-0.2, -0.15) is 4.98 Å². The highest BCUT2D eigenvalue weighted by molar-refractivity contribution is 5.74. The smallest absolute Gasteiger partial charge is 0.329 e. The Kier molecular flexibility index (Phi) is 7.67. The normalized spacial score (nSPS) is 12.3. The molecule has 0 saturated carbocycles. The van der Waals surface area contributed by atoms with Crippen molar-refractivity contribution < 1.29 is 20.1 Å². The summed E-state index contributed by atoms with van der Waals surface area (Å²) in [6.07, 6.45) is -0.0898. The zero-order valence-corrected chi connectivity index (χ0v) is 18.2. The molecule has 0 spiro atoms. The van der Waals surface area contributed by atoms with Crippen LogP contribution in [-0.4, -0.2) is 73.4 Å². The van der Waals surface area contributed by atoms with Gasteiger partial charge in [-0.3, -0.25) is 14.3 Å². The lowest BCUT2D eigenvalue weighted by Gasteiger charge is -2.24. The molecule has 174 valence electrons. The second-order valence-corrected chi connectivity index (χ2v) is 7.41. The number of hydrogen-bond acceptors (Lipinski definition) is 8. The number of benzene rings is 1. The molecule has 1 aromatic carbocycles. The monoisotopic (exact) mass is 447 g/mol. The van der Waals surface area contributed by atoms with Crippen LogP contribution in [0.4, 0.5) is 5.95 Å². The van der Waals surface area contributed by atoms with Crippen molar-refractivity contribution in [1.82, 2.24) is 19.1 Å². The van der Waals surface area contributed by atoms with Crippen LogP contribution in [0, 0.1) is 0 Å². The highest BCUT2D eigenvalue weighted by Gasteiger charge is 2.23. The van der Waals surface area contributed by atoms with Gasteiger partial charge in [0, 0.05) is 20.1 Å². The lowest BCUT2D eigenvalue weighted by atomic mass is 10.2. The second-order valence-electron chi connectivity index (χ2n) is 7.41. The summed E-state index contributed by atoms with van der Waals surface area (Å²) in [7, 11) is 1.48. The van der Waals surface area contributed by atoms with E-state index in [0.29, 0.717) is 5.75 Å². The zero-order chi connectivity index (χ0) is 23.3. The van der Waals surface area contributed by atoms with Crippen LogP contribution in [0.15, 0.2) is 33.9 Å². The standard InChI is InChI=1S/C21H29N5O6/c1-3-14-4-6-16(7-5-14)32-13-15(29)12-26-17-18(24(2)21(31)23-19(17)30)22-20(26)25(8-10-27)9-11-28/h4-7,15,27-29H,3,8-13H2,1-2H3,(H,23,30,31)/t15-/m0/s1. The Morgan fingerprint density at radius 2 is 1.81 bits per heavy atom. The molecular weight excluding hydrogens is 418 g/mol.